The minimum Gasteiger partial charge on any atom is -0.336 e. The molecular formula is C13H17ClN2O2. The number of carbonyl (C=O) groups excluding carboxylic acids is 1. The van der Waals surface area contributed by atoms with E-state index in [0.717, 1.165) is 32.2 Å². The lowest BCUT2D eigenvalue weighted by Gasteiger charge is -2.35. The predicted molar refractivity (Wildman–Crippen MR) is 71.1 cm³/mol. The first-order valence-electron chi connectivity index (χ1n) is 6.28. The van der Waals surface area contributed by atoms with Gasteiger partial charge in [-0.3, -0.25) is 9.59 Å². The topological polar surface area (TPSA) is 53.2 Å². The fourth-order valence-corrected chi connectivity index (χ4v) is 2.66. The molecule has 1 N–H and O–H groups in total. The Morgan fingerprint density at radius 1 is 1.44 bits per heavy atom. The van der Waals surface area contributed by atoms with Crippen molar-refractivity contribution in [3.05, 3.63) is 34.2 Å². The van der Waals surface area contributed by atoms with Crippen molar-refractivity contribution in [3.8, 4) is 0 Å². The van der Waals surface area contributed by atoms with E-state index in [1.165, 1.54) is 12.3 Å². The van der Waals surface area contributed by atoms with Crippen molar-refractivity contribution in [2.45, 2.75) is 31.7 Å². The number of piperidine rings is 1. The van der Waals surface area contributed by atoms with E-state index in [4.69, 9.17) is 11.6 Å². The first kappa shape index (κ1) is 13.1. The Kier molecular flexibility index (Phi) is 4.42. The van der Waals surface area contributed by atoms with Crippen molar-refractivity contribution >= 4 is 17.5 Å². The molecule has 1 unspecified atom stereocenters. The Hall–Kier alpha value is -1.29. The molecular weight excluding hydrogens is 252 g/mol. The van der Waals surface area contributed by atoms with Crippen molar-refractivity contribution in [2.24, 2.45) is 0 Å². The van der Waals surface area contributed by atoms with Gasteiger partial charge >= 0.3 is 0 Å². The van der Waals surface area contributed by atoms with E-state index in [2.05, 4.69) is 4.98 Å². The second-order valence-electron chi connectivity index (χ2n) is 4.57. The Morgan fingerprint density at radius 3 is 2.94 bits per heavy atom. The number of hydrogen-bond donors (Lipinski definition) is 1. The van der Waals surface area contributed by atoms with Gasteiger partial charge in [0.25, 0.3) is 5.91 Å². The number of aromatic nitrogens is 1. The molecule has 1 atom stereocenters. The molecule has 1 aliphatic rings. The third kappa shape index (κ3) is 2.93. The van der Waals surface area contributed by atoms with E-state index >= 15 is 0 Å². The van der Waals surface area contributed by atoms with Gasteiger partial charge in [-0.2, -0.15) is 0 Å². The molecule has 0 bridgehead atoms. The predicted octanol–water partition coefficient (Wildman–Crippen LogP) is 2.00. The summed E-state index contributed by atoms with van der Waals surface area (Å²) in [7, 11) is 0. The number of aromatic amines is 1. The lowest BCUT2D eigenvalue weighted by Crippen LogP contribution is -2.44. The summed E-state index contributed by atoms with van der Waals surface area (Å²) in [5.74, 6) is 0.557. The molecule has 1 aliphatic heterocycles. The van der Waals surface area contributed by atoms with Crippen molar-refractivity contribution in [3.63, 3.8) is 0 Å². The molecule has 1 aromatic heterocycles. The van der Waals surface area contributed by atoms with E-state index in [-0.39, 0.29) is 17.5 Å². The molecule has 0 aromatic carbocycles. The number of H-pyrrole nitrogens is 1. The van der Waals surface area contributed by atoms with Crippen LogP contribution >= 0.6 is 11.6 Å². The molecule has 1 fully saturated rings. The van der Waals surface area contributed by atoms with Crippen LogP contribution in [-0.2, 0) is 0 Å². The first-order valence-corrected chi connectivity index (χ1v) is 6.81. The fraction of sp³-hybridized carbons (Fsp3) is 0.538. The van der Waals surface area contributed by atoms with Crippen LogP contribution in [0.5, 0.6) is 0 Å². The highest BCUT2D eigenvalue weighted by atomic mass is 35.5. The zero-order valence-electron chi connectivity index (χ0n) is 10.2. The highest BCUT2D eigenvalue weighted by Gasteiger charge is 2.26. The molecule has 2 rings (SSSR count). The van der Waals surface area contributed by atoms with Crippen LogP contribution in [0.3, 0.4) is 0 Å². The lowest BCUT2D eigenvalue weighted by atomic mass is 9.99. The minimum atomic E-state index is -0.192. The van der Waals surface area contributed by atoms with E-state index in [9.17, 15) is 9.59 Å². The van der Waals surface area contributed by atoms with Crippen molar-refractivity contribution in [2.75, 3.05) is 12.4 Å². The molecule has 5 heteroatoms. The summed E-state index contributed by atoms with van der Waals surface area (Å²) in [4.78, 5) is 27.8. The molecule has 98 valence electrons. The van der Waals surface area contributed by atoms with Crippen molar-refractivity contribution in [1.29, 1.82) is 0 Å². The van der Waals surface area contributed by atoms with E-state index in [1.807, 2.05) is 4.90 Å². The molecule has 1 saturated heterocycles. The molecule has 4 nitrogen and oxygen atoms in total. The van der Waals surface area contributed by atoms with Gasteiger partial charge in [0.15, 0.2) is 0 Å². The smallest absolute Gasteiger partial charge is 0.255 e. The van der Waals surface area contributed by atoms with E-state index in [0.29, 0.717) is 11.4 Å². The molecule has 1 aromatic rings. The normalized spacial score (nSPS) is 19.8. The summed E-state index contributed by atoms with van der Waals surface area (Å²) in [5, 5.41) is 0. The molecule has 1 amide bonds. The largest absolute Gasteiger partial charge is 0.336 e. The zero-order valence-corrected chi connectivity index (χ0v) is 10.9. The van der Waals surface area contributed by atoms with E-state index in [1.54, 1.807) is 6.07 Å². The highest BCUT2D eigenvalue weighted by Crippen LogP contribution is 2.21. The second-order valence-corrected chi connectivity index (χ2v) is 4.95. The van der Waals surface area contributed by atoms with Crippen LogP contribution in [0.4, 0.5) is 0 Å². The average Bonchev–Trinajstić information content (AvgIpc) is 2.40. The maximum atomic E-state index is 12.4. The maximum Gasteiger partial charge on any atom is 0.255 e. The molecule has 18 heavy (non-hydrogen) atoms. The second kappa shape index (κ2) is 6.05. The lowest BCUT2D eigenvalue weighted by molar-refractivity contribution is 0.0609. The van der Waals surface area contributed by atoms with Gasteiger partial charge < -0.3 is 9.88 Å². The zero-order chi connectivity index (χ0) is 13.0. The minimum absolute atomic E-state index is 0.0129. The van der Waals surface area contributed by atoms with Crippen LogP contribution in [0.15, 0.2) is 23.1 Å². The number of nitrogens with one attached hydrogen (secondary N) is 1. The number of carbonyl (C=O) groups is 1. The summed E-state index contributed by atoms with van der Waals surface area (Å²) >= 11 is 5.79. The third-order valence-corrected chi connectivity index (χ3v) is 3.58. The molecule has 0 aliphatic carbocycles. The standard InChI is InChI=1S/C13H17ClN2O2/c14-7-6-11-3-1-2-8-16(11)13(18)10-4-5-12(17)15-9-10/h4-5,9,11H,1-3,6-8H2,(H,15,17). The van der Waals surface area contributed by atoms with Gasteiger partial charge in [0, 0.05) is 30.7 Å². The summed E-state index contributed by atoms with van der Waals surface area (Å²) in [6.07, 6.45) is 5.51. The first-order chi connectivity index (χ1) is 8.72. The van der Waals surface area contributed by atoms with Gasteiger partial charge in [-0.05, 0) is 31.7 Å². The fourth-order valence-electron chi connectivity index (χ4n) is 2.40. The van der Waals surface area contributed by atoms with Gasteiger partial charge in [-0.1, -0.05) is 0 Å². The molecule has 0 radical (unpaired) electrons. The van der Waals surface area contributed by atoms with Crippen LogP contribution in [0.1, 0.15) is 36.0 Å². The highest BCUT2D eigenvalue weighted by molar-refractivity contribution is 6.17. The Balaban J connectivity index is 2.15. The number of rotatable bonds is 3. The van der Waals surface area contributed by atoms with Gasteiger partial charge in [0.05, 0.1) is 5.56 Å². The number of likely N-dealkylation sites (tertiary alicyclic amines) is 1. The SMILES string of the molecule is O=C(c1ccc(=O)[nH]c1)N1CCCCC1CCCl. The van der Waals surface area contributed by atoms with Crippen LogP contribution in [-0.4, -0.2) is 34.3 Å². The average molecular weight is 269 g/mol. The van der Waals surface area contributed by atoms with E-state index < -0.39 is 0 Å². The number of amides is 1. The van der Waals surface area contributed by atoms with Crippen LogP contribution in [0, 0.1) is 0 Å². The molecule has 2 heterocycles. The number of alkyl halides is 1. The van der Waals surface area contributed by atoms with Gasteiger partial charge in [-0.25, -0.2) is 0 Å². The number of hydrogen-bond acceptors (Lipinski definition) is 2. The quantitative estimate of drug-likeness (QED) is 0.853. The molecule has 0 saturated carbocycles. The van der Waals surface area contributed by atoms with Crippen molar-refractivity contribution in [1.82, 2.24) is 9.88 Å². The Morgan fingerprint density at radius 2 is 2.28 bits per heavy atom. The number of halogens is 1. The Bertz CT molecular complexity index is 450. The summed E-state index contributed by atoms with van der Waals surface area (Å²) in [6.45, 7) is 0.777. The maximum absolute atomic E-state index is 12.4. The Labute approximate surface area is 111 Å². The van der Waals surface area contributed by atoms with Crippen molar-refractivity contribution < 1.29 is 4.79 Å². The van der Waals surface area contributed by atoms with Crippen LogP contribution in [0.25, 0.3) is 0 Å². The number of nitrogens with zero attached hydrogens (tertiary/aromatic N) is 1. The van der Waals surface area contributed by atoms with Gasteiger partial charge in [0.1, 0.15) is 0 Å². The summed E-state index contributed by atoms with van der Waals surface area (Å²) in [6, 6.07) is 3.19. The van der Waals surface area contributed by atoms with Crippen LogP contribution < -0.4 is 5.56 Å². The third-order valence-electron chi connectivity index (χ3n) is 3.36. The van der Waals surface area contributed by atoms with Gasteiger partial charge in [-0.15, -0.1) is 11.6 Å². The summed E-state index contributed by atoms with van der Waals surface area (Å²) in [5.41, 5.74) is 0.346. The number of pyridine rings is 1. The van der Waals surface area contributed by atoms with Crippen LogP contribution in [0.2, 0.25) is 0 Å². The summed E-state index contributed by atoms with van der Waals surface area (Å²) < 4.78 is 0. The van der Waals surface area contributed by atoms with Gasteiger partial charge in [0.2, 0.25) is 5.56 Å². The molecule has 0 spiro atoms. The monoisotopic (exact) mass is 268 g/mol.